The van der Waals surface area contributed by atoms with Gasteiger partial charge < -0.3 is 14.2 Å². The Kier molecular flexibility index (Phi) is 5.98. The molecule has 1 aromatic rings. The highest BCUT2D eigenvalue weighted by Crippen LogP contribution is 2.30. The fourth-order valence-electron chi connectivity index (χ4n) is 1.63. The second-order valence-corrected chi connectivity index (χ2v) is 6.10. The van der Waals surface area contributed by atoms with Gasteiger partial charge in [0.05, 0.1) is 20.8 Å². The van der Waals surface area contributed by atoms with E-state index in [1.807, 2.05) is 0 Å². The normalized spacial score (nSPS) is 11.3. The van der Waals surface area contributed by atoms with Crippen LogP contribution in [0.5, 0.6) is 11.5 Å². The number of nitrogens with zero attached hydrogens (tertiary/aromatic N) is 1. The van der Waals surface area contributed by atoms with Crippen LogP contribution in [0, 0.1) is 0 Å². The number of carbonyl (C=O) groups is 1. The van der Waals surface area contributed by atoms with Crippen molar-refractivity contribution in [3.8, 4) is 11.5 Å². The Morgan fingerprint density at radius 1 is 1.24 bits per heavy atom. The van der Waals surface area contributed by atoms with E-state index < -0.39 is 16.0 Å². The second-order valence-electron chi connectivity index (χ2n) is 4.08. The van der Waals surface area contributed by atoms with Gasteiger partial charge in [0, 0.05) is 13.1 Å². The van der Waals surface area contributed by atoms with E-state index in [-0.39, 0.29) is 23.8 Å². The Morgan fingerprint density at radius 3 is 2.43 bits per heavy atom. The van der Waals surface area contributed by atoms with Gasteiger partial charge in [0.2, 0.25) is 10.0 Å². The number of methoxy groups -OCH3 is 2. The van der Waals surface area contributed by atoms with E-state index in [2.05, 4.69) is 0 Å². The molecule has 0 unspecified atom stereocenters. The van der Waals surface area contributed by atoms with E-state index in [0.29, 0.717) is 5.75 Å². The molecule has 0 aliphatic carbocycles. The maximum atomic E-state index is 12.5. The van der Waals surface area contributed by atoms with Crippen LogP contribution in [0.2, 0.25) is 0 Å². The summed E-state index contributed by atoms with van der Waals surface area (Å²) >= 11 is 0. The van der Waals surface area contributed by atoms with Gasteiger partial charge in [-0.25, -0.2) is 8.42 Å². The molecule has 0 aromatic heterocycles. The predicted molar refractivity (Wildman–Crippen MR) is 76.0 cm³/mol. The van der Waals surface area contributed by atoms with Crippen LogP contribution in [-0.4, -0.2) is 53.1 Å². The SMILES string of the molecule is CCOC(=O)CN(C)S(=O)(=O)c1cc(OC)ccc1OC. The van der Waals surface area contributed by atoms with Gasteiger partial charge in [-0.1, -0.05) is 0 Å². The number of hydrogen-bond donors (Lipinski definition) is 0. The van der Waals surface area contributed by atoms with Crippen molar-refractivity contribution in [2.24, 2.45) is 0 Å². The molecule has 0 aliphatic rings. The molecule has 0 fully saturated rings. The minimum Gasteiger partial charge on any atom is -0.497 e. The Labute approximate surface area is 124 Å². The highest BCUT2D eigenvalue weighted by molar-refractivity contribution is 7.89. The van der Waals surface area contributed by atoms with Crippen molar-refractivity contribution in [3.63, 3.8) is 0 Å². The Hall–Kier alpha value is -1.80. The van der Waals surface area contributed by atoms with Crippen LogP contribution in [0.1, 0.15) is 6.92 Å². The van der Waals surface area contributed by atoms with E-state index >= 15 is 0 Å². The third-order valence-electron chi connectivity index (χ3n) is 2.72. The third-order valence-corrected chi connectivity index (χ3v) is 4.54. The smallest absolute Gasteiger partial charge is 0.321 e. The lowest BCUT2D eigenvalue weighted by Crippen LogP contribution is -2.33. The van der Waals surface area contributed by atoms with Gasteiger partial charge in [-0.2, -0.15) is 4.31 Å². The summed E-state index contributed by atoms with van der Waals surface area (Å²) in [7, 11) is 0.195. The summed E-state index contributed by atoms with van der Waals surface area (Å²) in [6.45, 7) is 1.46. The Morgan fingerprint density at radius 2 is 1.90 bits per heavy atom. The van der Waals surface area contributed by atoms with Crippen LogP contribution in [0.15, 0.2) is 23.1 Å². The van der Waals surface area contributed by atoms with Gasteiger partial charge in [0.1, 0.15) is 22.9 Å². The van der Waals surface area contributed by atoms with Crippen molar-refractivity contribution < 1.29 is 27.4 Å². The topological polar surface area (TPSA) is 82.1 Å². The van der Waals surface area contributed by atoms with Gasteiger partial charge >= 0.3 is 5.97 Å². The highest BCUT2D eigenvalue weighted by atomic mass is 32.2. The second kappa shape index (κ2) is 7.28. The fourth-order valence-corrected chi connectivity index (χ4v) is 2.91. The molecule has 1 aromatic carbocycles. The number of benzene rings is 1. The molecule has 0 bridgehead atoms. The van der Waals surface area contributed by atoms with E-state index in [0.717, 1.165) is 4.31 Å². The van der Waals surface area contributed by atoms with Crippen LogP contribution in [-0.2, 0) is 19.6 Å². The molecular formula is C13H19NO6S. The molecule has 0 radical (unpaired) electrons. The zero-order valence-electron chi connectivity index (χ0n) is 12.5. The van der Waals surface area contributed by atoms with Crippen LogP contribution in [0.25, 0.3) is 0 Å². The maximum Gasteiger partial charge on any atom is 0.321 e. The van der Waals surface area contributed by atoms with Crippen LogP contribution in [0.3, 0.4) is 0 Å². The summed E-state index contributed by atoms with van der Waals surface area (Å²) < 4.78 is 40.7. The number of sulfonamides is 1. The first-order valence-corrected chi connectivity index (χ1v) is 7.64. The van der Waals surface area contributed by atoms with Crippen molar-refractivity contribution in [1.82, 2.24) is 4.31 Å². The van der Waals surface area contributed by atoms with Gasteiger partial charge in [-0.3, -0.25) is 4.79 Å². The molecule has 0 N–H and O–H groups in total. The van der Waals surface area contributed by atoms with Gasteiger partial charge in [0.15, 0.2) is 0 Å². The molecule has 8 heteroatoms. The summed E-state index contributed by atoms with van der Waals surface area (Å²) in [6.07, 6.45) is 0. The van der Waals surface area contributed by atoms with Crippen LogP contribution in [0.4, 0.5) is 0 Å². The lowest BCUT2D eigenvalue weighted by Gasteiger charge is -2.18. The number of ether oxygens (including phenoxy) is 3. The quantitative estimate of drug-likeness (QED) is 0.695. The molecule has 1 rings (SSSR count). The first-order chi connectivity index (χ1) is 9.86. The number of hydrogen-bond acceptors (Lipinski definition) is 6. The molecule has 0 saturated heterocycles. The van der Waals surface area contributed by atoms with Gasteiger partial charge in [-0.15, -0.1) is 0 Å². The molecule has 0 atom stereocenters. The predicted octanol–water partition coefficient (Wildman–Crippen LogP) is 0.887. The minimum absolute atomic E-state index is 0.0730. The van der Waals surface area contributed by atoms with E-state index in [1.54, 1.807) is 13.0 Å². The summed E-state index contributed by atoms with van der Waals surface area (Å²) in [5, 5.41) is 0. The van der Waals surface area contributed by atoms with Crippen molar-refractivity contribution in [3.05, 3.63) is 18.2 Å². The molecule has 0 spiro atoms. The molecule has 118 valence electrons. The summed E-state index contributed by atoms with van der Waals surface area (Å²) in [5.74, 6) is -0.0733. The zero-order chi connectivity index (χ0) is 16.0. The molecule has 7 nitrogen and oxygen atoms in total. The standard InChI is InChI=1S/C13H19NO6S/c1-5-20-13(15)9-14(2)21(16,17)12-8-10(18-3)6-7-11(12)19-4/h6-8H,5,9H2,1-4H3. The molecule has 21 heavy (non-hydrogen) atoms. The van der Waals surface area contributed by atoms with Crippen molar-refractivity contribution in [2.75, 3.05) is 34.4 Å². The number of carbonyl (C=O) groups excluding carboxylic acids is 1. The molecule has 0 amide bonds. The molecule has 0 aliphatic heterocycles. The summed E-state index contributed by atoms with van der Waals surface area (Å²) in [5.41, 5.74) is 0. The van der Waals surface area contributed by atoms with Crippen molar-refractivity contribution in [2.45, 2.75) is 11.8 Å². The molecule has 0 saturated carbocycles. The largest absolute Gasteiger partial charge is 0.497 e. The highest BCUT2D eigenvalue weighted by Gasteiger charge is 2.27. The average Bonchev–Trinajstić information content (AvgIpc) is 2.46. The molecular weight excluding hydrogens is 298 g/mol. The third kappa shape index (κ3) is 4.08. The zero-order valence-corrected chi connectivity index (χ0v) is 13.3. The average molecular weight is 317 g/mol. The Balaban J connectivity index is 3.14. The number of rotatable bonds is 7. The van der Waals surface area contributed by atoms with Crippen molar-refractivity contribution in [1.29, 1.82) is 0 Å². The van der Waals surface area contributed by atoms with Gasteiger partial charge in [-0.05, 0) is 19.1 Å². The molecule has 0 heterocycles. The van der Waals surface area contributed by atoms with E-state index in [4.69, 9.17) is 14.2 Å². The maximum absolute atomic E-state index is 12.5. The van der Waals surface area contributed by atoms with Gasteiger partial charge in [0.25, 0.3) is 0 Å². The first-order valence-electron chi connectivity index (χ1n) is 6.20. The minimum atomic E-state index is -3.90. The Bertz CT molecular complexity index is 599. The lowest BCUT2D eigenvalue weighted by molar-refractivity contribution is -0.143. The fraction of sp³-hybridized carbons (Fsp3) is 0.462. The number of likely N-dealkylation sites (N-methyl/N-ethyl adjacent to an activating group) is 1. The first kappa shape index (κ1) is 17.3. The number of esters is 1. The van der Waals surface area contributed by atoms with Crippen LogP contribution >= 0.6 is 0 Å². The van der Waals surface area contributed by atoms with Crippen LogP contribution < -0.4 is 9.47 Å². The monoisotopic (exact) mass is 317 g/mol. The summed E-state index contributed by atoms with van der Waals surface area (Å²) in [6, 6.07) is 4.42. The van der Waals surface area contributed by atoms with Crippen molar-refractivity contribution >= 4 is 16.0 Å². The lowest BCUT2D eigenvalue weighted by atomic mass is 10.3. The summed E-state index contributed by atoms with van der Waals surface area (Å²) in [4.78, 5) is 11.4. The van der Waals surface area contributed by atoms with E-state index in [9.17, 15) is 13.2 Å². The van der Waals surface area contributed by atoms with E-state index in [1.165, 1.54) is 33.4 Å².